The zero-order valence-corrected chi connectivity index (χ0v) is 12.1. The normalized spacial score (nSPS) is 13.7. The molecule has 0 fully saturated rings. The van der Waals surface area contributed by atoms with Crippen LogP contribution in [0.2, 0.25) is 0 Å². The first kappa shape index (κ1) is 15.9. The fourth-order valence-corrected chi connectivity index (χ4v) is 1.90. The van der Waals surface area contributed by atoms with E-state index in [9.17, 15) is 0 Å². The SMILES string of the molecule is CCCNCC(CCC)N(C)CCC(C)C. The minimum absolute atomic E-state index is 0.718. The molecule has 1 unspecified atom stereocenters. The van der Waals surface area contributed by atoms with Crippen molar-refractivity contribution in [2.45, 2.75) is 59.4 Å². The molecule has 0 spiro atoms. The van der Waals surface area contributed by atoms with Gasteiger partial charge in [0.1, 0.15) is 0 Å². The van der Waals surface area contributed by atoms with Gasteiger partial charge >= 0.3 is 0 Å². The zero-order valence-electron chi connectivity index (χ0n) is 12.1. The Hall–Kier alpha value is -0.0800. The van der Waals surface area contributed by atoms with Crippen molar-refractivity contribution in [2.24, 2.45) is 5.92 Å². The van der Waals surface area contributed by atoms with E-state index >= 15 is 0 Å². The minimum Gasteiger partial charge on any atom is -0.315 e. The predicted molar refractivity (Wildman–Crippen MR) is 73.9 cm³/mol. The molecule has 2 heteroatoms. The second-order valence-corrected chi connectivity index (χ2v) is 5.31. The van der Waals surface area contributed by atoms with Gasteiger partial charge in [-0.3, -0.25) is 0 Å². The van der Waals surface area contributed by atoms with Crippen molar-refractivity contribution in [3.05, 3.63) is 0 Å². The number of hydrogen-bond acceptors (Lipinski definition) is 2. The summed E-state index contributed by atoms with van der Waals surface area (Å²) in [5.41, 5.74) is 0. The van der Waals surface area contributed by atoms with Gasteiger partial charge in [0.05, 0.1) is 0 Å². The van der Waals surface area contributed by atoms with Crippen molar-refractivity contribution in [3.63, 3.8) is 0 Å². The van der Waals surface area contributed by atoms with Crippen LogP contribution in [0.5, 0.6) is 0 Å². The van der Waals surface area contributed by atoms with E-state index in [1.807, 2.05) is 0 Å². The fourth-order valence-electron chi connectivity index (χ4n) is 1.90. The van der Waals surface area contributed by atoms with Crippen LogP contribution in [0, 0.1) is 5.92 Å². The monoisotopic (exact) mass is 228 g/mol. The molecule has 98 valence electrons. The maximum absolute atomic E-state index is 3.55. The molecule has 0 saturated carbocycles. The van der Waals surface area contributed by atoms with E-state index in [0.717, 1.165) is 25.0 Å². The summed E-state index contributed by atoms with van der Waals surface area (Å²) in [7, 11) is 2.27. The third kappa shape index (κ3) is 8.12. The van der Waals surface area contributed by atoms with Crippen molar-refractivity contribution < 1.29 is 0 Å². The smallest absolute Gasteiger partial charge is 0.0217 e. The van der Waals surface area contributed by atoms with E-state index in [0.29, 0.717) is 0 Å². The third-order valence-electron chi connectivity index (χ3n) is 3.11. The molecule has 0 aromatic rings. The van der Waals surface area contributed by atoms with Gasteiger partial charge in [-0.15, -0.1) is 0 Å². The van der Waals surface area contributed by atoms with Crippen molar-refractivity contribution in [2.75, 3.05) is 26.7 Å². The summed E-state index contributed by atoms with van der Waals surface area (Å²) in [6.45, 7) is 12.6. The number of nitrogens with zero attached hydrogens (tertiary/aromatic N) is 1. The molecule has 0 aromatic carbocycles. The van der Waals surface area contributed by atoms with Crippen LogP contribution in [0.1, 0.15) is 53.4 Å². The molecular weight excluding hydrogens is 196 g/mol. The first-order chi connectivity index (χ1) is 7.61. The Morgan fingerprint density at radius 2 is 1.75 bits per heavy atom. The molecule has 1 atom stereocenters. The maximum atomic E-state index is 3.55. The van der Waals surface area contributed by atoms with Crippen LogP contribution in [0.4, 0.5) is 0 Å². The Morgan fingerprint density at radius 3 is 2.25 bits per heavy atom. The van der Waals surface area contributed by atoms with Crippen molar-refractivity contribution in [1.82, 2.24) is 10.2 Å². The molecule has 1 N–H and O–H groups in total. The van der Waals surface area contributed by atoms with Gasteiger partial charge in [0.25, 0.3) is 0 Å². The molecule has 16 heavy (non-hydrogen) atoms. The van der Waals surface area contributed by atoms with Crippen molar-refractivity contribution in [3.8, 4) is 0 Å². The number of hydrogen-bond donors (Lipinski definition) is 1. The molecule has 0 aliphatic heterocycles. The van der Waals surface area contributed by atoms with E-state index in [2.05, 4.69) is 45.0 Å². The highest BCUT2D eigenvalue weighted by molar-refractivity contribution is 4.71. The summed E-state index contributed by atoms with van der Waals surface area (Å²) in [5.74, 6) is 0.813. The number of likely N-dealkylation sites (N-methyl/N-ethyl adjacent to an activating group) is 1. The molecule has 0 amide bonds. The topological polar surface area (TPSA) is 15.3 Å². The van der Waals surface area contributed by atoms with Crippen LogP contribution in [-0.4, -0.2) is 37.6 Å². The number of rotatable bonds is 10. The number of nitrogens with one attached hydrogen (secondary N) is 1. The Morgan fingerprint density at radius 1 is 1.06 bits per heavy atom. The summed E-state index contributed by atoms with van der Waals surface area (Å²) < 4.78 is 0. The van der Waals surface area contributed by atoms with Gasteiger partial charge in [-0.05, 0) is 45.3 Å². The molecule has 0 rings (SSSR count). The lowest BCUT2D eigenvalue weighted by molar-refractivity contribution is 0.212. The summed E-state index contributed by atoms with van der Waals surface area (Å²) in [4.78, 5) is 2.53. The minimum atomic E-state index is 0.718. The van der Waals surface area contributed by atoms with Crippen LogP contribution >= 0.6 is 0 Å². The summed E-state index contributed by atoms with van der Waals surface area (Å²) in [5, 5.41) is 3.55. The molecule has 0 aromatic heterocycles. The van der Waals surface area contributed by atoms with Crippen LogP contribution in [0.3, 0.4) is 0 Å². The highest BCUT2D eigenvalue weighted by Crippen LogP contribution is 2.08. The maximum Gasteiger partial charge on any atom is 0.0217 e. The lowest BCUT2D eigenvalue weighted by atomic mass is 10.1. The summed E-state index contributed by atoms with van der Waals surface area (Å²) >= 11 is 0. The average molecular weight is 228 g/mol. The first-order valence-electron chi connectivity index (χ1n) is 7.02. The Kier molecular flexibility index (Phi) is 10.0. The van der Waals surface area contributed by atoms with Gasteiger partial charge in [-0.2, -0.15) is 0 Å². The van der Waals surface area contributed by atoms with Crippen LogP contribution in [-0.2, 0) is 0 Å². The highest BCUT2D eigenvalue weighted by atomic mass is 15.1. The zero-order chi connectivity index (χ0) is 12.4. The van der Waals surface area contributed by atoms with Crippen molar-refractivity contribution in [1.29, 1.82) is 0 Å². The second-order valence-electron chi connectivity index (χ2n) is 5.31. The van der Waals surface area contributed by atoms with E-state index in [-0.39, 0.29) is 0 Å². The Labute approximate surface area is 103 Å². The van der Waals surface area contributed by atoms with Gasteiger partial charge in [0.2, 0.25) is 0 Å². The molecule has 0 heterocycles. The lowest BCUT2D eigenvalue weighted by Crippen LogP contribution is -2.41. The molecule has 0 aliphatic carbocycles. The van der Waals surface area contributed by atoms with Gasteiger partial charge in [-0.25, -0.2) is 0 Å². The quantitative estimate of drug-likeness (QED) is 0.578. The van der Waals surface area contributed by atoms with Gasteiger partial charge in [-0.1, -0.05) is 34.1 Å². The molecular formula is C14H32N2. The molecule has 0 saturated heterocycles. The Balaban J connectivity index is 3.86. The third-order valence-corrected chi connectivity index (χ3v) is 3.11. The predicted octanol–water partition coefficient (Wildman–Crippen LogP) is 3.13. The van der Waals surface area contributed by atoms with E-state index < -0.39 is 0 Å². The molecule has 2 nitrogen and oxygen atoms in total. The van der Waals surface area contributed by atoms with Gasteiger partial charge in [0.15, 0.2) is 0 Å². The standard InChI is InChI=1S/C14H32N2/c1-6-8-14(12-15-10-7-2)16(5)11-9-13(3)4/h13-15H,6-12H2,1-5H3. The van der Waals surface area contributed by atoms with Gasteiger partial charge in [0, 0.05) is 12.6 Å². The van der Waals surface area contributed by atoms with E-state index in [1.54, 1.807) is 0 Å². The highest BCUT2D eigenvalue weighted by Gasteiger charge is 2.13. The average Bonchev–Trinajstić information content (AvgIpc) is 2.25. The first-order valence-corrected chi connectivity index (χ1v) is 7.02. The second kappa shape index (κ2) is 10.1. The summed E-state index contributed by atoms with van der Waals surface area (Å²) in [6, 6.07) is 0.718. The fraction of sp³-hybridized carbons (Fsp3) is 1.00. The summed E-state index contributed by atoms with van der Waals surface area (Å²) in [6.07, 6.45) is 5.13. The van der Waals surface area contributed by atoms with E-state index in [4.69, 9.17) is 0 Å². The molecule has 0 radical (unpaired) electrons. The van der Waals surface area contributed by atoms with Gasteiger partial charge < -0.3 is 10.2 Å². The Bertz CT molecular complexity index is 146. The van der Waals surface area contributed by atoms with Crippen LogP contribution in [0.25, 0.3) is 0 Å². The molecule has 0 bridgehead atoms. The van der Waals surface area contributed by atoms with Crippen molar-refractivity contribution >= 4 is 0 Å². The van der Waals surface area contributed by atoms with Crippen LogP contribution < -0.4 is 5.32 Å². The largest absolute Gasteiger partial charge is 0.315 e. The molecule has 0 aliphatic rings. The lowest BCUT2D eigenvalue weighted by Gasteiger charge is -2.28. The van der Waals surface area contributed by atoms with Crippen LogP contribution in [0.15, 0.2) is 0 Å². The van der Waals surface area contributed by atoms with E-state index in [1.165, 1.54) is 32.2 Å².